The second kappa shape index (κ2) is 10.4. The van der Waals surface area contributed by atoms with Gasteiger partial charge in [0.15, 0.2) is 0 Å². The van der Waals surface area contributed by atoms with Crippen LogP contribution >= 0.6 is 24.2 Å². The first kappa shape index (κ1) is 17.3. The van der Waals surface area contributed by atoms with Crippen molar-refractivity contribution in [3.05, 3.63) is 0 Å². The largest absolute Gasteiger partial charge is 0.114 e. The van der Waals surface area contributed by atoms with Gasteiger partial charge in [0, 0.05) is 7.26 Å². The zero-order valence-corrected chi connectivity index (χ0v) is 13.1. The van der Waals surface area contributed by atoms with Crippen molar-refractivity contribution in [1.29, 1.82) is 0 Å². The van der Waals surface area contributed by atoms with Crippen LogP contribution in [-0.2, 0) is 0 Å². The molecule has 2 heteroatoms. The fourth-order valence-electron chi connectivity index (χ4n) is 2.57. The Bertz CT molecular complexity index is 85.4. The van der Waals surface area contributed by atoms with Gasteiger partial charge in [0.1, 0.15) is 0 Å². The molecule has 0 N–H and O–H groups in total. The van der Waals surface area contributed by atoms with Gasteiger partial charge >= 0.3 is 0 Å². The second-order valence-corrected chi connectivity index (χ2v) is 8.71. The summed E-state index contributed by atoms with van der Waals surface area (Å²) in [5, 5.41) is 0. The molecule has 0 atom stereocenters. The molecule has 0 aromatic carbocycles. The second-order valence-electron chi connectivity index (χ2n) is 4.24. The van der Waals surface area contributed by atoms with E-state index >= 15 is 0 Å². The summed E-state index contributed by atoms with van der Waals surface area (Å²) in [5.74, 6) is 0. The van der Waals surface area contributed by atoms with E-state index in [1.165, 1.54) is 25.7 Å². The Morgan fingerprint density at radius 1 is 0.571 bits per heavy atom. The van der Waals surface area contributed by atoms with Gasteiger partial charge in [-0.1, -0.05) is 27.7 Å². The van der Waals surface area contributed by atoms with Crippen LogP contribution in [0.3, 0.4) is 0 Å². The average molecular weight is 284 g/mol. The van der Waals surface area contributed by atoms with Gasteiger partial charge in [0.25, 0.3) is 0 Å². The monoisotopic (exact) mass is 283 g/mol. The summed E-state index contributed by atoms with van der Waals surface area (Å²) < 4.78 is 0. The smallest absolute Gasteiger partial charge is 0.0591 e. The van der Waals surface area contributed by atoms with Crippen LogP contribution in [0.2, 0.25) is 0 Å². The van der Waals surface area contributed by atoms with Crippen molar-refractivity contribution in [3.63, 3.8) is 0 Å². The summed E-state index contributed by atoms with van der Waals surface area (Å²) in [5.41, 5.74) is 0. The third kappa shape index (κ3) is 6.40. The quantitative estimate of drug-likeness (QED) is 0.536. The molecule has 0 aliphatic rings. The maximum absolute atomic E-state index is 2.36. The highest BCUT2D eigenvalue weighted by molar-refractivity contribution is 8.93. The highest BCUT2D eigenvalue weighted by atomic mass is 79.9. The molecular formula is C12H29BrP+. The molecule has 0 nitrogen and oxygen atoms in total. The van der Waals surface area contributed by atoms with Gasteiger partial charge in [-0.05, 0) is 25.7 Å². The van der Waals surface area contributed by atoms with Crippen LogP contribution in [-0.4, -0.2) is 24.6 Å². The van der Waals surface area contributed by atoms with E-state index in [0.717, 1.165) is 0 Å². The normalized spacial score (nSPS) is 11.1. The topological polar surface area (TPSA) is 0 Å². The highest BCUT2D eigenvalue weighted by Gasteiger charge is 2.32. The van der Waals surface area contributed by atoms with Gasteiger partial charge < -0.3 is 0 Å². The van der Waals surface area contributed by atoms with E-state index in [4.69, 9.17) is 0 Å². The standard InChI is InChI=1S/C12H28P.BrH/c1-5-9-13(10-6-2,11-7-3)12-8-4;/h5-12H2,1-4H3;1H/q+1;. The lowest BCUT2D eigenvalue weighted by Crippen LogP contribution is -2.10. The molecular weight excluding hydrogens is 255 g/mol. The third-order valence-corrected chi connectivity index (χ3v) is 8.38. The number of hydrogen-bond acceptors (Lipinski definition) is 0. The molecule has 0 unspecified atom stereocenters. The van der Waals surface area contributed by atoms with E-state index in [9.17, 15) is 0 Å². The molecule has 0 spiro atoms. The van der Waals surface area contributed by atoms with Crippen molar-refractivity contribution < 1.29 is 0 Å². The molecule has 0 amide bonds. The molecule has 14 heavy (non-hydrogen) atoms. The maximum Gasteiger partial charge on any atom is 0.0591 e. The van der Waals surface area contributed by atoms with E-state index in [2.05, 4.69) is 27.7 Å². The Hall–Kier alpha value is 0.910. The Morgan fingerprint density at radius 3 is 0.929 bits per heavy atom. The SMILES string of the molecule is Br.CCC[P+](CCC)(CCC)CCC. The lowest BCUT2D eigenvalue weighted by molar-refractivity contribution is 0.963. The van der Waals surface area contributed by atoms with Crippen molar-refractivity contribution in [3.8, 4) is 0 Å². The predicted molar refractivity (Wildman–Crippen MR) is 77.9 cm³/mol. The zero-order chi connectivity index (χ0) is 10.2. The Labute approximate surface area is 102 Å². The molecule has 0 saturated carbocycles. The first-order chi connectivity index (χ1) is 6.24. The number of rotatable bonds is 8. The molecule has 0 bridgehead atoms. The molecule has 0 heterocycles. The van der Waals surface area contributed by atoms with Gasteiger partial charge in [0.2, 0.25) is 0 Å². The summed E-state index contributed by atoms with van der Waals surface area (Å²) in [4.78, 5) is 0. The maximum atomic E-state index is 2.36. The summed E-state index contributed by atoms with van der Waals surface area (Å²) >= 11 is 0. The van der Waals surface area contributed by atoms with E-state index in [0.29, 0.717) is 0 Å². The van der Waals surface area contributed by atoms with Crippen molar-refractivity contribution in [2.24, 2.45) is 0 Å². The highest BCUT2D eigenvalue weighted by Crippen LogP contribution is 2.60. The molecule has 0 radical (unpaired) electrons. The molecule has 0 aromatic heterocycles. The minimum Gasteiger partial charge on any atom is -0.114 e. The van der Waals surface area contributed by atoms with Gasteiger partial charge in [-0.2, -0.15) is 0 Å². The molecule has 0 aliphatic heterocycles. The summed E-state index contributed by atoms with van der Waals surface area (Å²) in [6.45, 7) is 9.43. The molecule has 0 aliphatic carbocycles. The van der Waals surface area contributed by atoms with Crippen LogP contribution < -0.4 is 0 Å². The predicted octanol–water partition coefficient (Wildman–Crippen LogP) is 5.22. The van der Waals surface area contributed by atoms with Crippen molar-refractivity contribution in [2.75, 3.05) is 24.6 Å². The molecule has 0 aromatic rings. The van der Waals surface area contributed by atoms with E-state index in [1.807, 2.05) is 0 Å². The van der Waals surface area contributed by atoms with Crippen LogP contribution in [0.15, 0.2) is 0 Å². The van der Waals surface area contributed by atoms with Gasteiger partial charge in [-0.25, -0.2) is 0 Å². The van der Waals surface area contributed by atoms with Gasteiger partial charge in [-0.15, -0.1) is 17.0 Å². The van der Waals surface area contributed by atoms with Crippen LogP contribution in [0.4, 0.5) is 0 Å². The Kier molecular flexibility index (Phi) is 12.9. The Morgan fingerprint density at radius 2 is 0.786 bits per heavy atom. The van der Waals surface area contributed by atoms with Crippen molar-refractivity contribution in [2.45, 2.75) is 53.4 Å². The van der Waals surface area contributed by atoms with Crippen molar-refractivity contribution >= 4 is 24.2 Å². The zero-order valence-electron chi connectivity index (χ0n) is 10.5. The third-order valence-electron chi connectivity index (χ3n) is 2.79. The van der Waals surface area contributed by atoms with E-state index in [1.54, 1.807) is 24.6 Å². The summed E-state index contributed by atoms with van der Waals surface area (Å²) in [6.07, 6.45) is 11.9. The molecule has 0 fully saturated rings. The minimum atomic E-state index is -0.496. The fraction of sp³-hybridized carbons (Fsp3) is 1.00. The van der Waals surface area contributed by atoms with Crippen LogP contribution in [0.1, 0.15) is 53.4 Å². The first-order valence-electron chi connectivity index (χ1n) is 6.09. The molecule has 0 saturated heterocycles. The Balaban J connectivity index is 0. The van der Waals surface area contributed by atoms with Gasteiger partial charge in [0.05, 0.1) is 24.6 Å². The average Bonchev–Trinajstić information content (AvgIpc) is 2.06. The van der Waals surface area contributed by atoms with E-state index < -0.39 is 7.26 Å². The van der Waals surface area contributed by atoms with E-state index in [-0.39, 0.29) is 17.0 Å². The lowest BCUT2D eigenvalue weighted by atomic mass is 10.5. The summed E-state index contributed by atoms with van der Waals surface area (Å²) in [7, 11) is -0.496. The summed E-state index contributed by atoms with van der Waals surface area (Å²) in [6, 6.07) is 0. The molecule has 0 rings (SSSR count). The number of halogens is 1. The minimum absolute atomic E-state index is 0. The van der Waals surface area contributed by atoms with Gasteiger partial charge in [-0.3, -0.25) is 0 Å². The van der Waals surface area contributed by atoms with Crippen LogP contribution in [0, 0.1) is 0 Å². The van der Waals surface area contributed by atoms with Crippen LogP contribution in [0.25, 0.3) is 0 Å². The lowest BCUT2D eigenvalue weighted by Gasteiger charge is -2.26. The fourth-order valence-corrected chi connectivity index (χ4v) is 7.70. The first-order valence-corrected chi connectivity index (χ1v) is 8.62. The van der Waals surface area contributed by atoms with Crippen molar-refractivity contribution in [1.82, 2.24) is 0 Å². The number of hydrogen-bond donors (Lipinski definition) is 0. The van der Waals surface area contributed by atoms with Crippen LogP contribution in [0.5, 0.6) is 0 Å². The molecule has 88 valence electrons.